The van der Waals surface area contributed by atoms with Gasteiger partial charge in [-0.1, -0.05) is 85.6 Å². The van der Waals surface area contributed by atoms with E-state index in [1.165, 1.54) is 21.9 Å². The van der Waals surface area contributed by atoms with E-state index in [-0.39, 0.29) is 0 Å². The Bertz CT molecular complexity index is 2350. The third-order valence-corrected chi connectivity index (χ3v) is 9.77. The van der Waals surface area contributed by atoms with Crippen LogP contribution in [-0.4, -0.2) is 9.97 Å². The molecule has 50 heavy (non-hydrogen) atoms. The van der Waals surface area contributed by atoms with Gasteiger partial charge in [-0.15, -0.1) is 0 Å². The van der Waals surface area contributed by atoms with E-state index in [9.17, 15) is 0 Å². The van der Waals surface area contributed by atoms with Crippen molar-refractivity contribution in [1.82, 2.24) is 9.97 Å². The van der Waals surface area contributed by atoms with Crippen molar-refractivity contribution in [3.8, 4) is 11.5 Å². The van der Waals surface area contributed by atoms with Gasteiger partial charge in [-0.3, -0.25) is 9.78 Å². The molecule has 6 aromatic carbocycles. The standard InChI is InChI=1S/C44H36N4O2/c1-2-4-18-32-30-16-6-8-20-34(30)46-38-24-14-26-40(44(32)38)48-36-22-10-12-28-42(36)50-49-41-27-11-9-21-35(41)47-39-25-13-23-37-43(39)31(17-3-1)29-15-5-7-19-33(29)45-37/h5-16,19-28,47-48H,1-4,17-18H2. The van der Waals surface area contributed by atoms with E-state index in [4.69, 9.17) is 19.7 Å². The largest absolute Gasteiger partial charge is 0.352 e. The van der Waals surface area contributed by atoms with Crippen LogP contribution in [0.15, 0.2) is 133 Å². The minimum Gasteiger partial charge on any atom is -0.352 e. The van der Waals surface area contributed by atoms with Crippen LogP contribution < -0.4 is 20.4 Å². The third-order valence-electron chi connectivity index (χ3n) is 9.77. The molecule has 2 aromatic heterocycles. The van der Waals surface area contributed by atoms with Crippen molar-refractivity contribution in [3.05, 3.63) is 145 Å². The maximum Gasteiger partial charge on any atom is 0.201 e. The van der Waals surface area contributed by atoms with E-state index in [0.717, 1.165) is 94.1 Å². The van der Waals surface area contributed by atoms with Gasteiger partial charge in [-0.25, -0.2) is 9.97 Å². The van der Waals surface area contributed by atoms with E-state index in [2.05, 4.69) is 95.6 Å². The van der Waals surface area contributed by atoms with Gasteiger partial charge in [0, 0.05) is 32.9 Å². The summed E-state index contributed by atoms with van der Waals surface area (Å²) >= 11 is 0. The Kier molecular flexibility index (Phi) is 7.82. The van der Waals surface area contributed by atoms with Gasteiger partial charge in [0.25, 0.3) is 0 Å². The zero-order valence-corrected chi connectivity index (χ0v) is 27.7. The molecule has 0 amide bonds. The molecule has 3 heterocycles. The molecule has 0 unspecified atom stereocenters. The highest BCUT2D eigenvalue weighted by molar-refractivity contribution is 6.05. The van der Waals surface area contributed by atoms with E-state index < -0.39 is 0 Å². The van der Waals surface area contributed by atoms with Gasteiger partial charge in [0.05, 0.1) is 33.4 Å². The molecule has 0 bridgehead atoms. The molecule has 0 atom stereocenters. The first-order valence-electron chi connectivity index (χ1n) is 17.5. The normalized spacial score (nSPS) is 13.8. The lowest BCUT2D eigenvalue weighted by Gasteiger charge is -2.19. The minimum absolute atomic E-state index is 0.576. The van der Waals surface area contributed by atoms with Crippen molar-refractivity contribution in [2.24, 2.45) is 0 Å². The summed E-state index contributed by atoms with van der Waals surface area (Å²) in [6.45, 7) is 0. The summed E-state index contributed by atoms with van der Waals surface area (Å²) in [4.78, 5) is 22.4. The van der Waals surface area contributed by atoms with Crippen molar-refractivity contribution in [2.45, 2.75) is 38.5 Å². The average molecular weight is 653 g/mol. The van der Waals surface area contributed by atoms with Crippen LogP contribution in [0.1, 0.15) is 36.8 Å². The zero-order chi connectivity index (χ0) is 33.3. The third kappa shape index (κ3) is 5.59. The Morgan fingerprint density at radius 1 is 0.380 bits per heavy atom. The number of hydrogen-bond donors (Lipinski definition) is 2. The smallest absolute Gasteiger partial charge is 0.201 e. The summed E-state index contributed by atoms with van der Waals surface area (Å²) in [6.07, 6.45) is 6.39. The molecule has 2 N–H and O–H groups in total. The number of anilines is 4. The van der Waals surface area contributed by atoms with Crippen molar-refractivity contribution in [3.63, 3.8) is 0 Å². The second-order valence-electron chi connectivity index (χ2n) is 12.9. The van der Waals surface area contributed by atoms with Crippen LogP contribution in [-0.2, 0) is 12.8 Å². The molecule has 0 fully saturated rings. The van der Waals surface area contributed by atoms with Crippen LogP contribution in [0.3, 0.4) is 0 Å². The molecule has 9 rings (SSSR count). The molecule has 1 aliphatic rings. The first-order chi connectivity index (χ1) is 24.8. The molecule has 0 radical (unpaired) electrons. The lowest BCUT2D eigenvalue weighted by atomic mass is 9.94. The van der Waals surface area contributed by atoms with Gasteiger partial charge in [-0.2, -0.15) is 0 Å². The number of fused-ring (bicyclic) bond motifs is 6. The number of nitrogens with zero attached hydrogens (tertiary/aromatic N) is 2. The molecular formula is C44H36N4O2. The predicted molar refractivity (Wildman–Crippen MR) is 205 cm³/mol. The summed E-state index contributed by atoms with van der Waals surface area (Å²) in [5, 5.41) is 12.1. The number of rotatable bonds is 0. The number of aryl methyl sites for hydroxylation is 2. The maximum atomic E-state index is 6.12. The fourth-order valence-electron chi connectivity index (χ4n) is 7.43. The highest BCUT2D eigenvalue weighted by Crippen LogP contribution is 2.39. The Hall–Kier alpha value is -6.14. The molecular weight excluding hydrogens is 617 g/mol. The summed E-state index contributed by atoms with van der Waals surface area (Å²) in [5.74, 6) is 1.15. The van der Waals surface area contributed by atoms with Crippen LogP contribution in [0, 0.1) is 0 Å². The fraction of sp³-hybridized carbons (Fsp3) is 0.136. The lowest BCUT2D eigenvalue weighted by molar-refractivity contribution is -0.0984. The van der Waals surface area contributed by atoms with E-state index in [1.807, 2.05) is 48.5 Å². The highest BCUT2D eigenvalue weighted by atomic mass is 17.2. The SMILES string of the molecule is c1ccc2c(c1)Nc1cccc3nc4ccccc4c(c13)CCCCCCc1c3ccccc3nc3cccc(c13)Nc1ccccc1OO2. The number of aromatic nitrogens is 2. The molecule has 0 aliphatic carbocycles. The lowest BCUT2D eigenvalue weighted by Crippen LogP contribution is -2.06. The molecule has 8 aromatic rings. The maximum absolute atomic E-state index is 6.12. The molecule has 1 aliphatic heterocycles. The molecule has 0 saturated heterocycles. The van der Waals surface area contributed by atoms with Gasteiger partial charge in [0.1, 0.15) is 0 Å². The van der Waals surface area contributed by atoms with Crippen LogP contribution in [0.4, 0.5) is 22.7 Å². The summed E-state index contributed by atoms with van der Waals surface area (Å²) < 4.78 is 0. The van der Waals surface area contributed by atoms with Gasteiger partial charge >= 0.3 is 0 Å². The highest BCUT2D eigenvalue weighted by Gasteiger charge is 2.17. The van der Waals surface area contributed by atoms with Crippen LogP contribution in [0.2, 0.25) is 0 Å². The number of hydrogen-bond acceptors (Lipinski definition) is 6. The van der Waals surface area contributed by atoms with E-state index in [1.54, 1.807) is 0 Å². The monoisotopic (exact) mass is 652 g/mol. The predicted octanol–water partition coefficient (Wildman–Crippen LogP) is 11.6. The summed E-state index contributed by atoms with van der Waals surface area (Å²) in [5.41, 5.74) is 10.3. The van der Waals surface area contributed by atoms with Crippen molar-refractivity contribution < 1.29 is 9.78 Å². The van der Waals surface area contributed by atoms with Crippen molar-refractivity contribution >= 4 is 66.4 Å². The molecule has 6 heteroatoms. The van der Waals surface area contributed by atoms with E-state index >= 15 is 0 Å². The van der Waals surface area contributed by atoms with Crippen LogP contribution >= 0.6 is 0 Å². The molecule has 0 spiro atoms. The van der Waals surface area contributed by atoms with Gasteiger partial charge in [-0.05, 0) is 97.5 Å². The molecule has 6 nitrogen and oxygen atoms in total. The Morgan fingerprint density at radius 3 is 1.28 bits per heavy atom. The average Bonchev–Trinajstić information content (AvgIpc) is 3.15. The Labute approximate surface area is 290 Å². The van der Waals surface area contributed by atoms with Crippen molar-refractivity contribution in [2.75, 3.05) is 10.6 Å². The Morgan fingerprint density at radius 2 is 0.780 bits per heavy atom. The van der Waals surface area contributed by atoms with Gasteiger partial charge in [0.15, 0.2) is 0 Å². The number of pyridine rings is 2. The second kappa shape index (κ2) is 13.1. The quantitative estimate of drug-likeness (QED) is 0.125. The number of benzene rings is 6. The van der Waals surface area contributed by atoms with Gasteiger partial charge < -0.3 is 10.6 Å². The Balaban J connectivity index is 1.17. The first kappa shape index (κ1) is 30.0. The topological polar surface area (TPSA) is 68.3 Å². The van der Waals surface area contributed by atoms with Crippen LogP contribution in [0.5, 0.6) is 11.5 Å². The van der Waals surface area contributed by atoms with E-state index in [0.29, 0.717) is 11.5 Å². The second-order valence-corrected chi connectivity index (χ2v) is 12.9. The summed E-state index contributed by atoms with van der Waals surface area (Å²) in [6, 6.07) is 45.4. The molecule has 244 valence electrons. The summed E-state index contributed by atoms with van der Waals surface area (Å²) in [7, 11) is 0. The van der Waals surface area contributed by atoms with Crippen molar-refractivity contribution in [1.29, 1.82) is 0 Å². The number of para-hydroxylation sites is 6. The fourth-order valence-corrected chi connectivity index (χ4v) is 7.43. The molecule has 0 saturated carbocycles. The van der Waals surface area contributed by atoms with Crippen LogP contribution in [0.25, 0.3) is 43.6 Å². The number of nitrogens with one attached hydrogen (secondary N) is 2. The minimum atomic E-state index is 0.576. The first-order valence-corrected chi connectivity index (χ1v) is 17.5. The zero-order valence-electron chi connectivity index (χ0n) is 27.7. The van der Waals surface area contributed by atoms with Gasteiger partial charge in [0.2, 0.25) is 11.5 Å².